The molecule has 0 spiro atoms. The molecule has 164 valence electrons. The zero-order valence-electron chi connectivity index (χ0n) is 18.2. The molecule has 0 aromatic carbocycles. The molecule has 3 aromatic heterocycles. The SMILES string of the molecule is O=C1CC[C@@H]2CN(c3nc(-c4cccnc4)nc4sc5c(c34)CCC5)CC[C@@H]2N1C1CC1. The number of piperidine rings is 2. The van der Waals surface area contributed by atoms with Crippen molar-refractivity contribution in [1.29, 1.82) is 0 Å². The molecule has 7 heteroatoms. The van der Waals surface area contributed by atoms with Crippen LogP contribution in [0.15, 0.2) is 24.5 Å². The lowest BCUT2D eigenvalue weighted by atomic mass is 9.83. The standard InChI is InChI=1S/C25H27N5OS/c31-21-9-6-16-14-29(12-10-19(16)30(21)17-7-8-17)24-22-18-4-1-5-20(18)32-25(22)28-23(27-24)15-3-2-11-26-13-15/h2-3,11,13,16-17,19H,1,4-10,12,14H2/t16-,19+/m1/s1. The summed E-state index contributed by atoms with van der Waals surface area (Å²) in [4.78, 5) is 34.5. The van der Waals surface area contributed by atoms with E-state index in [1.54, 1.807) is 6.20 Å². The van der Waals surface area contributed by atoms with Crippen LogP contribution >= 0.6 is 11.3 Å². The molecule has 6 nitrogen and oxygen atoms in total. The summed E-state index contributed by atoms with van der Waals surface area (Å²) in [5.41, 5.74) is 2.46. The lowest BCUT2D eigenvalue weighted by Gasteiger charge is -2.47. The summed E-state index contributed by atoms with van der Waals surface area (Å²) in [5, 5.41) is 1.29. The highest BCUT2D eigenvalue weighted by molar-refractivity contribution is 7.19. The van der Waals surface area contributed by atoms with Crippen LogP contribution in [0.5, 0.6) is 0 Å². The Morgan fingerprint density at radius 1 is 1.06 bits per heavy atom. The Morgan fingerprint density at radius 2 is 2.00 bits per heavy atom. The molecule has 2 aliphatic carbocycles. The van der Waals surface area contributed by atoms with Crippen LogP contribution < -0.4 is 4.90 Å². The van der Waals surface area contributed by atoms with Crippen molar-refractivity contribution in [3.63, 3.8) is 0 Å². The van der Waals surface area contributed by atoms with Gasteiger partial charge in [-0.1, -0.05) is 0 Å². The van der Waals surface area contributed by atoms with Gasteiger partial charge in [0.25, 0.3) is 0 Å². The lowest BCUT2D eigenvalue weighted by molar-refractivity contribution is -0.140. The van der Waals surface area contributed by atoms with Crippen molar-refractivity contribution in [2.75, 3.05) is 18.0 Å². The van der Waals surface area contributed by atoms with Gasteiger partial charge in [0, 0.05) is 54.4 Å². The average Bonchev–Trinajstić information content (AvgIpc) is 3.45. The van der Waals surface area contributed by atoms with E-state index in [4.69, 9.17) is 9.97 Å². The molecular weight excluding hydrogens is 418 g/mol. The Hall–Kier alpha value is -2.54. The molecule has 3 fully saturated rings. The second kappa shape index (κ2) is 7.24. The number of thiophene rings is 1. The van der Waals surface area contributed by atoms with Crippen LogP contribution in [0, 0.1) is 5.92 Å². The summed E-state index contributed by atoms with van der Waals surface area (Å²) in [6, 6.07) is 4.94. The van der Waals surface area contributed by atoms with Crippen LogP contribution in [0.1, 0.15) is 49.0 Å². The minimum atomic E-state index is 0.390. The van der Waals surface area contributed by atoms with Crippen LogP contribution in [0.25, 0.3) is 21.6 Å². The average molecular weight is 446 g/mol. The van der Waals surface area contributed by atoms with Gasteiger partial charge >= 0.3 is 0 Å². The molecule has 1 amide bonds. The number of aromatic nitrogens is 3. The predicted molar refractivity (Wildman–Crippen MR) is 126 cm³/mol. The zero-order valence-corrected chi connectivity index (χ0v) is 19.0. The Morgan fingerprint density at radius 3 is 2.84 bits per heavy atom. The van der Waals surface area contributed by atoms with Crippen LogP contribution in [0.4, 0.5) is 5.82 Å². The van der Waals surface area contributed by atoms with Crippen molar-refractivity contribution in [2.24, 2.45) is 5.92 Å². The molecule has 4 aliphatic rings. The molecule has 0 radical (unpaired) electrons. The number of hydrogen-bond donors (Lipinski definition) is 0. The van der Waals surface area contributed by atoms with E-state index in [9.17, 15) is 4.79 Å². The van der Waals surface area contributed by atoms with Crippen molar-refractivity contribution in [1.82, 2.24) is 19.9 Å². The number of fused-ring (bicyclic) bond motifs is 4. The Kier molecular flexibility index (Phi) is 4.29. The molecule has 2 aliphatic heterocycles. The molecule has 0 N–H and O–H groups in total. The van der Waals surface area contributed by atoms with E-state index in [0.717, 1.165) is 54.4 Å². The minimum absolute atomic E-state index is 0.390. The van der Waals surface area contributed by atoms with Gasteiger partial charge in [0.15, 0.2) is 5.82 Å². The van der Waals surface area contributed by atoms with Crippen LogP contribution in [0.2, 0.25) is 0 Å². The smallest absolute Gasteiger partial charge is 0.223 e. The largest absolute Gasteiger partial charge is 0.356 e. The Balaban J connectivity index is 1.29. The Bertz CT molecular complexity index is 1200. The molecule has 3 aromatic rings. The minimum Gasteiger partial charge on any atom is -0.356 e. The van der Waals surface area contributed by atoms with E-state index < -0.39 is 0 Å². The number of carbonyl (C=O) groups excluding carboxylic acids is 1. The zero-order chi connectivity index (χ0) is 21.2. The summed E-state index contributed by atoms with van der Waals surface area (Å²) in [5.74, 6) is 2.82. The van der Waals surface area contributed by atoms with E-state index in [1.807, 2.05) is 29.7 Å². The van der Waals surface area contributed by atoms with Gasteiger partial charge in [-0.15, -0.1) is 11.3 Å². The normalized spacial score (nSPS) is 25.3. The maximum atomic E-state index is 12.6. The first kappa shape index (κ1) is 19.0. The number of amides is 1. The van der Waals surface area contributed by atoms with E-state index in [0.29, 0.717) is 30.3 Å². The fraction of sp³-hybridized carbons (Fsp3) is 0.520. The summed E-state index contributed by atoms with van der Waals surface area (Å²) in [6.07, 6.45) is 12.4. The number of likely N-dealkylation sites (tertiary alicyclic amines) is 1. The van der Waals surface area contributed by atoms with Crippen LogP contribution in [-0.4, -0.2) is 50.9 Å². The third kappa shape index (κ3) is 2.97. The highest BCUT2D eigenvalue weighted by atomic mass is 32.1. The molecule has 2 atom stereocenters. The molecule has 1 saturated carbocycles. The van der Waals surface area contributed by atoms with Gasteiger partial charge in [0.05, 0.1) is 5.39 Å². The molecule has 2 saturated heterocycles. The number of pyridine rings is 1. The number of aryl methyl sites for hydroxylation is 2. The molecule has 32 heavy (non-hydrogen) atoms. The van der Waals surface area contributed by atoms with E-state index in [2.05, 4.69) is 14.8 Å². The van der Waals surface area contributed by atoms with Crippen LogP contribution in [-0.2, 0) is 17.6 Å². The van der Waals surface area contributed by atoms with Gasteiger partial charge in [-0.2, -0.15) is 0 Å². The van der Waals surface area contributed by atoms with Gasteiger partial charge in [-0.3, -0.25) is 9.78 Å². The predicted octanol–water partition coefficient (Wildman–Crippen LogP) is 4.22. The lowest BCUT2D eigenvalue weighted by Crippen LogP contribution is -2.56. The first-order chi connectivity index (χ1) is 15.8. The second-order valence-electron chi connectivity index (χ2n) is 9.78. The van der Waals surface area contributed by atoms with Gasteiger partial charge in [-0.05, 0) is 68.6 Å². The summed E-state index contributed by atoms with van der Waals surface area (Å²) >= 11 is 1.86. The van der Waals surface area contributed by atoms with E-state index >= 15 is 0 Å². The van der Waals surface area contributed by atoms with Crippen molar-refractivity contribution in [3.05, 3.63) is 35.0 Å². The number of rotatable bonds is 3. The molecule has 5 heterocycles. The first-order valence-electron chi connectivity index (χ1n) is 12.0. The van der Waals surface area contributed by atoms with Gasteiger partial charge in [0.1, 0.15) is 10.6 Å². The monoisotopic (exact) mass is 445 g/mol. The number of carbonyl (C=O) groups is 1. The van der Waals surface area contributed by atoms with Crippen molar-refractivity contribution in [2.45, 2.75) is 63.5 Å². The maximum Gasteiger partial charge on any atom is 0.223 e. The van der Waals surface area contributed by atoms with Crippen LogP contribution in [0.3, 0.4) is 0 Å². The first-order valence-corrected chi connectivity index (χ1v) is 12.9. The quantitative estimate of drug-likeness (QED) is 0.604. The molecule has 0 bridgehead atoms. The summed E-state index contributed by atoms with van der Waals surface area (Å²) in [7, 11) is 0. The molecule has 7 rings (SSSR count). The summed E-state index contributed by atoms with van der Waals surface area (Å²) < 4.78 is 0. The highest BCUT2D eigenvalue weighted by Gasteiger charge is 2.45. The number of hydrogen-bond acceptors (Lipinski definition) is 6. The molecular formula is C25H27N5OS. The van der Waals surface area contributed by atoms with E-state index in [-0.39, 0.29) is 0 Å². The second-order valence-corrected chi connectivity index (χ2v) is 10.9. The van der Waals surface area contributed by atoms with Gasteiger partial charge in [0.2, 0.25) is 5.91 Å². The fourth-order valence-corrected chi connectivity index (χ4v) is 7.40. The third-order valence-electron chi connectivity index (χ3n) is 7.77. The third-order valence-corrected chi connectivity index (χ3v) is 8.96. The molecule has 0 unspecified atom stereocenters. The Labute approximate surface area is 191 Å². The van der Waals surface area contributed by atoms with Crippen molar-refractivity contribution in [3.8, 4) is 11.4 Å². The topological polar surface area (TPSA) is 62.2 Å². The number of anilines is 1. The van der Waals surface area contributed by atoms with Crippen molar-refractivity contribution < 1.29 is 4.79 Å². The summed E-state index contributed by atoms with van der Waals surface area (Å²) in [6.45, 7) is 1.95. The van der Waals surface area contributed by atoms with Gasteiger partial charge in [-0.25, -0.2) is 9.97 Å². The number of nitrogens with zero attached hydrogens (tertiary/aromatic N) is 5. The highest BCUT2D eigenvalue weighted by Crippen LogP contribution is 2.44. The van der Waals surface area contributed by atoms with E-state index in [1.165, 1.54) is 41.5 Å². The maximum absolute atomic E-state index is 12.6. The fourth-order valence-electron chi connectivity index (χ4n) is 6.14. The van der Waals surface area contributed by atoms with Crippen molar-refractivity contribution >= 4 is 33.3 Å². The van der Waals surface area contributed by atoms with Gasteiger partial charge < -0.3 is 9.80 Å².